The number of hydrogen-bond donors (Lipinski definition) is 0. The summed E-state index contributed by atoms with van der Waals surface area (Å²) in [5.74, 6) is 0. The van der Waals surface area contributed by atoms with Gasteiger partial charge in [0.05, 0.1) is 0 Å². The second-order valence-electron chi connectivity index (χ2n) is 7.58. The van der Waals surface area contributed by atoms with E-state index >= 15 is 0 Å². The van der Waals surface area contributed by atoms with Crippen molar-refractivity contribution in [2.45, 2.75) is 13.8 Å². The Morgan fingerprint density at radius 3 is 1.18 bits per heavy atom. The van der Waals surface area contributed by atoms with Crippen molar-refractivity contribution >= 4 is 21.5 Å². The van der Waals surface area contributed by atoms with Gasteiger partial charge in [0.15, 0.2) is 0 Å². The molecule has 0 spiro atoms. The van der Waals surface area contributed by atoms with Crippen LogP contribution in [0.3, 0.4) is 0 Å². The summed E-state index contributed by atoms with van der Waals surface area (Å²) in [6.45, 7) is 4.35. The zero-order valence-corrected chi connectivity index (χ0v) is 16.2. The van der Waals surface area contributed by atoms with Crippen LogP contribution in [0.5, 0.6) is 0 Å². The molecule has 5 rings (SSSR count). The fraction of sp³-hybridized carbons (Fsp3) is 0.0714. The fourth-order valence-electron chi connectivity index (χ4n) is 4.28. The van der Waals surface area contributed by atoms with E-state index in [4.69, 9.17) is 0 Å². The average molecular weight is 358 g/mol. The standard InChI is InChI=1S/C28H22/c1-19-13-15-23-25(17-19)26-18-20(2)14-16-24(26)28(22-11-7-4-8-12-22)27(23)21-9-5-3-6-10-21/h3-18H,1-2H3. The molecular weight excluding hydrogens is 336 g/mol. The van der Waals surface area contributed by atoms with Crippen molar-refractivity contribution in [3.05, 3.63) is 108 Å². The third-order valence-corrected chi connectivity index (χ3v) is 5.55. The molecule has 134 valence electrons. The average Bonchev–Trinajstić information content (AvgIpc) is 2.74. The Morgan fingerprint density at radius 1 is 0.393 bits per heavy atom. The molecule has 0 bridgehead atoms. The van der Waals surface area contributed by atoms with Crippen molar-refractivity contribution in [3.63, 3.8) is 0 Å². The lowest BCUT2D eigenvalue weighted by Gasteiger charge is -2.19. The zero-order valence-electron chi connectivity index (χ0n) is 16.2. The predicted octanol–water partition coefficient (Wildman–Crippen LogP) is 7.94. The van der Waals surface area contributed by atoms with Gasteiger partial charge in [-0.05, 0) is 57.6 Å². The second kappa shape index (κ2) is 6.65. The van der Waals surface area contributed by atoms with Crippen LogP contribution in [-0.2, 0) is 0 Å². The van der Waals surface area contributed by atoms with E-state index in [1.165, 1.54) is 54.9 Å². The van der Waals surface area contributed by atoms with E-state index in [1.54, 1.807) is 0 Å². The minimum Gasteiger partial charge on any atom is -0.0622 e. The van der Waals surface area contributed by atoms with Crippen molar-refractivity contribution in [2.24, 2.45) is 0 Å². The highest BCUT2D eigenvalue weighted by Crippen LogP contribution is 2.44. The third-order valence-electron chi connectivity index (χ3n) is 5.55. The number of aryl methyl sites for hydroxylation is 2. The zero-order chi connectivity index (χ0) is 19.1. The molecule has 0 unspecified atom stereocenters. The van der Waals surface area contributed by atoms with Gasteiger partial charge in [0.2, 0.25) is 0 Å². The number of rotatable bonds is 2. The van der Waals surface area contributed by atoms with E-state index in [2.05, 4.69) is 111 Å². The maximum atomic E-state index is 2.33. The molecule has 0 aromatic heterocycles. The first-order valence-corrected chi connectivity index (χ1v) is 9.80. The van der Waals surface area contributed by atoms with Crippen LogP contribution in [0.2, 0.25) is 0 Å². The number of hydrogen-bond acceptors (Lipinski definition) is 0. The fourth-order valence-corrected chi connectivity index (χ4v) is 4.28. The van der Waals surface area contributed by atoms with Crippen LogP contribution < -0.4 is 0 Å². The summed E-state index contributed by atoms with van der Waals surface area (Å²) in [6.07, 6.45) is 0. The molecule has 5 aromatic carbocycles. The topological polar surface area (TPSA) is 0 Å². The molecule has 0 atom stereocenters. The summed E-state index contributed by atoms with van der Waals surface area (Å²) in [7, 11) is 0. The Morgan fingerprint density at radius 2 is 0.786 bits per heavy atom. The van der Waals surface area contributed by atoms with Crippen LogP contribution in [-0.4, -0.2) is 0 Å². The highest BCUT2D eigenvalue weighted by Gasteiger charge is 2.17. The van der Waals surface area contributed by atoms with Crippen LogP contribution in [0.1, 0.15) is 11.1 Å². The summed E-state index contributed by atoms with van der Waals surface area (Å²) in [5, 5.41) is 5.29. The molecule has 5 aromatic rings. The molecule has 0 fully saturated rings. The van der Waals surface area contributed by atoms with Gasteiger partial charge in [-0.2, -0.15) is 0 Å². The quantitative estimate of drug-likeness (QED) is 0.281. The molecule has 0 radical (unpaired) electrons. The lowest BCUT2D eigenvalue weighted by molar-refractivity contribution is 1.49. The Balaban J connectivity index is 2.07. The van der Waals surface area contributed by atoms with Gasteiger partial charge in [-0.3, -0.25) is 0 Å². The van der Waals surface area contributed by atoms with Crippen LogP contribution >= 0.6 is 0 Å². The summed E-state index contributed by atoms with van der Waals surface area (Å²) < 4.78 is 0. The van der Waals surface area contributed by atoms with E-state index in [-0.39, 0.29) is 0 Å². The van der Waals surface area contributed by atoms with Crippen LogP contribution in [0.15, 0.2) is 97.1 Å². The largest absolute Gasteiger partial charge is 0.0622 e. The van der Waals surface area contributed by atoms with Gasteiger partial charge >= 0.3 is 0 Å². The second-order valence-corrected chi connectivity index (χ2v) is 7.58. The molecule has 0 amide bonds. The molecule has 0 heterocycles. The van der Waals surface area contributed by atoms with Gasteiger partial charge < -0.3 is 0 Å². The van der Waals surface area contributed by atoms with E-state index < -0.39 is 0 Å². The van der Waals surface area contributed by atoms with Gasteiger partial charge in [0.25, 0.3) is 0 Å². The van der Waals surface area contributed by atoms with Crippen LogP contribution in [0.4, 0.5) is 0 Å². The van der Waals surface area contributed by atoms with Crippen molar-refractivity contribution in [1.82, 2.24) is 0 Å². The first kappa shape index (κ1) is 16.8. The van der Waals surface area contributed by atoms with Crippen LogP contribution in [0.25, 0.3) is 43.8 Å². The molecule has 0 saturated carbocycles. The molecule has 0 aliphatic heterocycles. The first-order chi connectivity index (χ1) is 13.7. The van der Waals surface area contributed by atoms with Crippen molar-refractivity contribution < 1.29 is 0 Å². The summed E-state index contributed by atoms with van der Waals surface area (Å²) in [5.41, 5.74) is 7.75. The van der Waals surface area contributed by atoms with E-state index in [0.717, 1.165) is 0 Å². The smallest absolute Gasteiger partial charge is 0.00203 e. The van der Waals surface area contributed by atoms with Gasteiger partial charge in [0, 0.05) is 0 Å². The maximum Gasteiger partial charge on any atom is -0.00203 e. The molecule has 0 N–H and O–H groups in total. The Bertz CT molecular complexity index is 1190. The molecule has 28 heavy (non-hydrogen) atoms. The third kappa shape index (κ3) is 2.70. The molecule has 0 saturated heterocycles. The van der Waals surface area contributed by atoms with Gasteiger partial charge in [-0.15, -0.1) is 0 Å². The molecule has 0 nitrogen and oxygen atoms in total. The number of benzene rings is 5. The Labute approximate surface area is 166 Å². The summed E-state index contributed by atoms with van der Waals surface area (Å²) >= 11 is 0. The minimum absolute atomic E-state index is 1.26. The predicted molar refractivity (Wildman–Crippen MR) is 122 cm³/mol. The molecule has 0 aliphatic carbocycles. The lowest BCUT2D eigenvalue weighted by atomic mass is 9.84. The van der Waals surface area contributed by atoms with Crippen LogP contribution in [0, 0.1) is 13.8 Å². The Hall–Kier alpha value is -3.38. The van der Waals surface area contributed by atoms with E-state index in [9.17, 15) is 0 Å². The molecule has 0 heteroatoms. The minimum atomic E-state index is 1.26. The normalized spacial score (nSPS) is 11.2. The number of fused-ring (bicyclic) bond motifs is 3. The van der Waals surface area contributed by atoms with Gasteiger partial charge in [-0.1, -0.05) is 108 Å². The highest BCUT2D eigenvalue weighted by molar-refractivity contribution is 6.21. The lowest BCUT2D eigenvalue weighted by Crippen LogP contribution is -1.92. The van der Waals surface area contributed by atoms with Crippen molar-refractivity contribution in [3.8, 4) is 22.3 Å². The monoisotopic (exact) mass is 358 g/mol. The summed E-state index contributed by atoms with van der Waals surface area (Å²) in [6, 6.07) is 35.3. The Kier molecular flexibility index (Phi) is 3.98. The first-order valence-electron chi connectivity index (χ1n) is 9.80. The highest BCUT2D eigenvalue weighted by atomic mass is 14.2. The van der Waals surface area contributed by atoms with Gasteiger partial charge in [-0.25, -0.2) is 0 Å². The van der Waals surface area contributed by atoms with Crippen molar-refractivity contribution in [2.75, 3.05) is 0 Å². The molecule has 0 aliphatic rings. The van der Waals surface area contributed by atoms with Crippen molar-refractivity contribution in [1.29, 1.82) is 0 Å². The maximum absolute atomic E-state index is 2.33. The van der Waals surface area contributed by atoms with Gasteiger partial charge in [0.1, 0.15) is 0 Å². The molecular formula is C28H22. The summed E-state index contributed by atoms with van der Waals surface area (Å²) in [4.78, 5) is 0. The van der Waals surface area contributed by atoms with E-state index in [0.29, 0.717) is 0 Å². The SMILES string of the molecule is Cc1ccc2c(-c3ccccc3)c(-c3ccccc3)c3ccc(C)cc3c2c1. The van der Waals surface area contributed by atoms with E-state index in [1.807, 2.05) is 0 Å².